The first-order valence-electron chi connectivity index (χ1n) is 9.02. The largest absolute Gasteiger partial charge is 0.492 e. The van der Waals surface area contributed by atoms with Crippen LogP contribution in [0.5, 0.6) is 5.75 Å². The van der Waals surface area contributed by atoms with Gasteiger partial charge in [0.1, 0.15) is 18.2 Å². The first-order chi connectivity index (χ1) is 12.1. The van der Waals surface area contributed by atoms with Crippen molar-refractivity contribution in [2.24, 2.45) is 0 Å². The molecule has 0 spiro atoms. The van der Waals surface area contributed by atoms with Gasteiger partial charge in [0.25, 0.3) is 0 Å². The summed E-state index contributed by atoms with van der Waals surface area (Å²) in [7, 11) is 4.17. The van der Waals surface area contributed by atoms with E-state index in [9.17, 15) is 0 Å². The molecule has 1 aromatic heterocycles. The highest BCUT2D eigenvalue weighted by atomic mass is 16.5. The Balaban J connectivity index is 1.67. The maximum absolute atomic E-state index is 5.89. The predicted octanol–water partition coefficient (Wildman–Crippen LogP) is 3.06. The lowest BCUT2D eigenvalue weighted by Gasteiger charge is -2.26. The van der Waals surface area contributed by atoms with Gasteiger partial charge in [-0.25, -0.2) is 9.97 Å². The molecule has 1 aliphatic heterocycles. The first-order valence-corrected chi connectivity index (χ1v) is 9.02. The molecule has 0 saturated carbocycles. The summed E-state index contributed by atoms with van der Waals surface area (Å²) in [6.07, 6.45) is 4.36. The molecule has 1 aromatic carbocycles. The molecule has 3 rings (SSSR count). The summed E-state index contributed by atoms with van der Waals surface area (Å²) in [5.74, 6) is 1.79. The Hall–Kier alpha value is -1.98. The molecular weight excluding hydrogens is 312 g/mol. The fraction of sp³-hybridized carbons (Fsp3) is 0.500. The lowest BCUT2D eigenvalue weighted by atomic mass is 10.1. The average Bonchev–Trinajstić information content (AvgIpc) is 3.05. The standard InChI is InChI=1S/C20H28N4O/c1-16-21-14-17(15-23(2)3)20(22-16)19-10-7-11-24(19)12-13-25-18-8-5-4-6-9-18/h4-6,8-9,14,19H,7,10-13,15H2,1-3H3. The van der Waals surface area contributed by atoms with Crippen LogP contribution in [0.2, 0.25) is 0 Å². The lowest BCUT2D eigenvalue weighted by Crippen LogP contribution is -2.30. The molecule has 0 bridgehead atoms. The molecule has 0 amide bonds. The number of hydrogen-bond donors (Lipinski definition) is 0. The van der Waals surface area contributed by atoms with Crippen LogP contribution in [-0.2, 0) is 6.54 Å². The second-order valence-corrected chi connectivity index (χ2v) is 6.92. The van der Waals surface area contributed by atoms with Gasteiger partial charge in [-0.3, -0.25) is 4.90 Å². The molecule has 1 unspecified atom stereocenters. The molecule has 1 atom stereocenters. The monoisotopic (exact) mass is 340 g/mol. The van der Waals surface area contributed by atoms with Crippen molar-refractivity contribution in [2.45, 2.75) is 32.4 Å². The summed E-state index contributed by atoms with van der Waals surface area (Å²) >= 11 is 0. The Morgan fingerprint density at radius 1 is 1.24 bits per heavy atom. The molecule has 1 aliphatic rings. The normalized spacial score (nSPS) is 18.0. The Bertz CT molecular complexity index is 675. The van der Waals surface area contributed by atoms with Crippen LogP contribution in [0.15, 0.2) is 36.5 Å². The number of ether oxygens (including phenoxy) is 1. The van der Waals surface area contributed by atoms with E-state index in [1.807, 2.05) is 43.5 Å². The van der Waals surface area contributed by atoms with Crippen molar-refractivity contribution in [1.29, 1.82) is 0 Å². The molecule has 2 aromatic rings. The molecule has 0 N–H and O–H groups in total. The van der Waals surface area contributed by atoms with E-state index in [1.54, 1.807) is 0 Å². The van der Waals surface area contributed by atoms with Crippen LogP contribution in [0.3, 0.4) is 0 Å². The van der Waals surface area contributed by atoms with Gasteiger partial charge < -0.3 is 9.64 Å². The van der Waals surface area contributed by atoms with Crippen LogP contribution < -0.4 is 4.74 Å². The number of nitrogens with zero attached hydrogens (tertiary/aromatic N) is 4. The second-order valence-electron chi connectivity index (χ2n) is 6.92. The number of aromatic nitrogens is 2. The van der Waals surface area contributed by atoms with Crippen LogP contribution in [0, 0.1) is 6.92 Å². The van der Waals surface area contributed by atoms with Crippen LogP contribution >= 0.6 is 0 Å². The zero-order valence-corrected chi connectivity index (χ0v) is 15.5. The summed E-state index contributed by atoms with van der Waals surface area (Å²) in [6.45, 7) is 5.58. The van der Waals surface area contributed by atoms with E-state index in [0.717, 1.165) is 37.6 Å². The molecule has 5 heteroatoms. The van der Waals surface area contributed by atoms with Gasteiger partial charge in [-0.05, 0) is 52.5 Å². The van der Waals surface area contributed by atoms with E-state index in [-0.39, 0.29) is 0 Å². The molecular formula is C20H28N4O. The number of hydrogen-bond acceptors (Lipinski definition) is 5. The third-order valence-corrected chi connectivity index (χ3v) is 4.57. The predicted molar refractivity (Wildman–Crippen MR) is 99.6 cm³/mol. The van der Waals surface area contributed by atoms with Gasteiger partial charge in [-0.2, -0.15) is 0 Å². The average molecular weight is 340 g/mol. The molecule has 25 heavy (non-hydrogen) atoms. The van der Waals surface area contributed by atoms with Gasteiger partial charge >= 0.3 is 0 Å². The minimum Gasteiger partial charge on any atom is -0.492 e. The van der Waals surface area contributed by atoms with Gasteiger partial charge in [-0.15, -0.1) is 0 Å². The zero-order valence-electron chi connectivity index (χ0n) is 15.5. The van der Waals surface area contributed by atoms with E-state index >= 15 is 0 Å². The van der Waals surface area contributed by atoms with Crippen molar-refractivity contribution in [3.63, 3.8) is 0 Å². The van der Waals surface area contributed by atoms with Crippen molar-refractivity contribution < 1.29 is 4.74 Å². The summed E-state index contributed by atoms with van der Waals surface area (Å²) in [4.78, 5) is 13.9. The third-order valence-electron chi connectivity index (χ3n) is 4.57. The molecule has 134 valence electrons. The van der Waals surface area contributed by atoms with Crippen molar-refractivity contribution in [3.8, 4) is 5.75 Å². The fourth-order valence-corrected chi connectivity index (χ4v) is 3.46. The van der Waals surface area contributed by atoms with E-state index in [2.05, 4.69) is 28.9 Å². The van der Waals surface area contributed by atoms with Crippen LogP contribution in [0.25, 0.3) is 0 Å². The Morgan fingerprint density at radius 2 is 2.04 bits per heavy atom. The highest BCUT2D eigenvalue weighted by molar-refractivity contribution is 5.23. The SMILES string of the molecule is Cc1ncc(CN(C)C)c(C2CCCN2CCOc2ccccc2)n1. The first kappa shape index (κ1) is 17.8. The van der Waals surface area contributed by atoms with E-state index < -0.39 is 0 Å². The number of rotatable bonds is 7. The van der Waals surface area contributed by atoms with Crippen molar-refractivity contribution in [3.05, 3.63) is 53.6 Å². The van der Waals surface area contributed by atoms with Gasteiger partial charge in [0, 0.05) is 24.8 Å². The molecule has 1 fully saturated rings. The third kappa shape index (κ3) is 4.77. The van der Waals surface area contributed by atoms with E-state index in [1.165, 1.54) is 17.7 Å². The van der Waals surface area contributed by atoms with E-state index in [4.69, 9.17) is 9.72 Å². The molecule has 1 saturated heterocycles. The van der Waals surface area contributed by atoms with Gasteiger partial charge in [0.05, 0.1) is 11.7 Å². The number of para-hydroxylation sites is 1. The number of likely N-dealkylation sites (tertiary alicyclic amines) is 1. The second kappa shape index (κ2) is 8.41. The minimum atomic E-state index is 0.371. The molecule has 5 nitrogen and oxygen atoms in total. The van der Waals surface area contributed by atoms with E-state index in [0.29, 0.717) is 12.6 Å². The molecule has 2 heterocycles. The maximum Gasteiger partial charge on any atom is 0.125 e. The van der Waals surface area contributed by atoms with Gasteiger partial charge in [0.15, 0.2) is 0 Å². The molecule has 0 aliphatic carbocycles. The Labute approximate surface area is 150 Å². The summed E-state index contributed by atoms with van der Waals surface area (Å²) in [6, 6.07) is 10.4. The summed E-state index contributed by atoms with van der Waals surface area (Å²) in [5, 5.41) is 0. The van der Waals surface area contributed by atoms with Crippen LogP contribution in [-0.4, -0.2) is 53.6 Å². The van der Waals surface area contributed by atoms with Crippen molar-refractivity contribution >= 4 is 0 Å². The smallest absolute Gasteiger partial charge is 0.125 e. The van der Waals surface area contributed by atoms with Crippen molar-refractivity contribution in [1.82, 2.24) is 19.8 Å². The topological polar surface area (TPSA) is 41.5 Å². The Morgan fingerprint density at radius 3 is 2.80 bits per heavy atom. The number of benzene rings is 1. The summed E-state index contributed by atoms with van der Waals surface area (Å²) in [5.41, 5.74) is 2.43. The zero-order chi connectivity index (χ0) is 17.6. The van der Waals surface area contributed by atoms with Crippen LogP contribution in [0.1, 0.15) is 36.0 Å². The van der Waals surface area contributed by atoms with Crippen LogP contribution in [0.4, 0.5) is 0 Å². The molecule has 0 radical (unpaired) electrons. The van der Waals surface area contributed by atoms with Crippen molar-refractivity contribution in [2.75, 3.05) is 33.8 Å². The quantitative estimate of drug-likeness (QED) is 0.775. The van der Waals surface area contributed by atoms with Gasteiger partial charge in [-0.1, -0.05) is 18.2 Å². The minimum absolute atomic E-state index is 0.371. The maximum atomic E-state index is 5.89. The highest BCUT2D eigenvalue weighted by Gasteiger charge is 2.29. The summed E-state index contributed by atoms with van der Waals surface area (Å²) < 4.78 is 5.89. The fourth-order valence-electron chi connectivity index (χ4n) is 3.46. The Kier molecular flexibility index (Phi) is 6.00. The highest BCUT2D eigenvalue weighted by Crippen LogP contribution is 2.32. The lowest BCUT2D eigenvalue weighted by molar-refractivity contribution is 0.194. The number of aryl methyl sites for hydroxylation is 1. The van der Waals surface area contributed by atoms with Gasteiger partial charge in [0.2, 0.25) is 0 Å².